The van der Waals surface area contributed by atoms with Gasteiger partial charge in [-0.05, 0) is 68.6 Å². The van der Waals surface area contributed by atoms with Gasteiger partial charge in [0.25, 0.3) is 0 Å². The summed E-state index contributed by atoms with van der Waals surface area (Å²) in [7, 11) is 3.38. The van der Waals surface area contributed by atoms with Crippen LogP contribution in [0.1, 0.15) is 56.6 Å². The smallest absolute Gasteiger partial charge is 0.416 e. The van der Waals surface area contributed by atoms with Gasteiger partial charge in [0, 0.05) is 78.4 Å². The number of aliphatic hydroxyl groups excluding tert-OH is 1. The molecule has 10 nitrogen and oxygen atoms in total. The van der Waals surface area contributed by atoms with Gasteiger partial charge in [0.15, 0.2) is 23.0 Å². The number of esters is 1. The zero-order chi connectivity index (χ0) is 34.2. The maximum atomic E-state index is 13.2. The number of methoxy groups -OCH3 is 1. The molecule has 1 unspecified atom stereocenters. The van der Waals surface area contributed by atoms with Crippen molar-refractivity contribution in [1.82, 2.24) is 9.80 Å². The van der Waals surface area contributed by atoms with E-state index in [0.29, 0.717) is 45.9 Å². The number of nitrogens with zero attached hydrogens (tertiary/aromatic N) is 2. The maximum Gasteiger partial charge on any atom is 0.416 e. The van der Waals surface area contributed by atoms with E-state index in [2.05, 4.69) is 0 Å². The number of alkyl halides is 3. The van der Waals surface area contributed by atoms with Gasteiger partial charge >= 0.3 is 12.1 Å². The fraction of sp³-hybridized carbons (Fsp3) is 0.400. The number of halogens is 3. The SMILES string of the molecule is COc1c(C)cc2c(c1O)[C@@H]1C3Cc4c(O)c(C)c5c(c4[C@H](COC(=O)/C=C/c4cccc(C(F)(F)F)c4)N3[C@@H](O)[C@H](C2)N1C)OCO5.[Ac]. The van der Waals surface area contributed by atoms with Crippen LogP contribution in [0, 0.1) is 57.9 Å². The van der Waals surface area contributed by atoms with Crippen molar-refractivity contribution >= 4 is 12.0 Å². The van der Waals surface area contributed by atoms with Gasteiger partial charge < -0.3 is 34.3 Å². The number of hydrogen-bond donors (Lipinski definition) is 3. The largest absolute Gasteiger partial charge is 0.507 e. The second-order valence-electron chi connectivity index (χ2n) is 12.7. The van der Waals surface area contributed by atoms with Crippen LogP contribution in [0.3, 0.4) is 0 Å². The number of piperazine rings is 1. The topological polar surface area (TPSA) is 121 Å². The van der Waals surface area contributed by atoms with Crippen LogP contribution < -0.4 is 14.2 Å². The van der Waals surface area contributed by atoms with Crippen molar-refractivity contribution in [2.45, 2.75) is 63.3 Å². The Morgan fingerprint density at radius 3 is 2.51 bits per heavy atom. The third kappa shape index (κ3) is 5.87. The number of aliphatic hydroxyl groups is 1. The Labute approximate surface area is 316 Å². The molecule has 4 aliphatic heterocycles. The number of ether oxygens (including phenoxy) is 4. The van der Waals surface area contributed by atoms with Crippen molar-refractivity contribution < 1.29 is 96.3 Å². The van der Waals surface area contributed by atoms with Gasteiger partial charge in [0.1, 0.15) is 18.6 Å². The summed E-state index contributed by atoms with van der Waals surface area (Å²) in [6.45, 7) is 3.20. The first-order valence-corrected chi connectivity index (χ1v) is 15.5. The van der Waals surface area contributed by atoms with E-state index in [4.69, 9.17) is 18.9 Å². The van der Waals surface area contributed by atoms with Crippen molar-refractivity contribution in [2.24, 2.45) is 0 Å². The number of hydrogen-bond acceptors (Lipinski definition) is 10. The molecule has 1 radical (unpaired) electrons. The van der Waals surface area contributed by atoms with E-state index in [-0.39, 0.29) is 80.9 Å². The van der Waals surface area contributed by atoms with Gasteiger partial charge in [-0.15, -0.1) is 0 Å². The molecule has 257 valence electrons. The van der Waals surface area contributed by atoms with E-state index in [1.165, 1.54) is 25.3 Å². The van der Waals surface area contributed by atoms with Crippen LogP contribution in [0.2, 0.25) is 0 Å². The number of rotatable bonds is 5. The molecule has 2 bridgehead atoms. The third-order valence-electron chi connectivity index (χ3n) is 10.1. The summed E-state index contributed by atoms with van der Waals surface area (Å²) < 4.78 is 62.5. The first-order valence-electron chi connectivity index (χ1n) is 15.5. The molecule has 1 fully saturated rings. The van der Waals surface area contributed by atoms with Crippen LogP contribution in [0.4, 0.5) is 13.2 Å². The van der Waals surface area contributed by atoms with E-state index in [1.54, 1.807) is 6.92 Å². The standard InChI is InChI=1S/C35H35F3N2O8.Ac/c1-16-10-19-12-23-34(44)40-22(28(39(23)3)26(19)30(43)31(16)45-4)13-21-27(33-32(47-15-48-33)17(2)29(21)42)24(40)14-46-25(41)9-8-18-6-5-7-20(11-18)35(36,37)38;/h5-11,22-24,28,34,42-44H,12-15H2,1-4H3;/b9-8+;/t22?,23-,24-,28-,34-;/m0./s1. The molecule has 7 rings (SSSR count). The van der Waals surface area contributed by atoms with Crippen LogP contribution in [0.15, 0.2) is 36.4 Å². The Morgan fingerprint density at radius 2 is 1.80 bits per heavy atom. The number of phenolic OH excluding ortho intramolecular Hbond substituents is 2. The van der Waals surface area contributed by atoms with Crippen molar-refractivity contribution in [3.63, 3.8) is 0 Å². The van der Waals surface area contributed by atoms with Gasteiger partial charge in [-0.3, -0.25) is 9.80 Å². The van der Waals surface area contributed by atoms with E-state index < -0.39 is 48.1 Å². The van der Waals surface area contributed by atoms with Crippen LogP contribution >= 0.6 is 0 Å². The van der Waals surface area contributed by atoms with E-state index in [1.807, 2.05) is 29.8 Å². The molecule has 3 aromatic carbocycles. The Balaban J connectivity index is 0.00000417. The summed E-state index contributed by atoms with van der Waals surface area (Å²) in [4.78, 5) is 16.9. The van der Waals surface area contributed by atoms with Crippen LogP contribution in [0.5, 0.6) is 28.7 Å². The summed E-state index contributed by atoms with van der Waals surface area (Å²) in [6.07, 6.45) is -2.64. The Bertz CT molecular complexity index is 1850. The van der Waals surface area contributed by atoms with Crippen molar-refractivity contribution in [3.05, 3.63) is 80.9 Å². The van der Waals surface area contributed by atoms with E-state index in [9.17, 15) is 33.3 Å². The van der Waals surface area contributed by atoms with Gasteiger partial charge in [-0.2, -0.15) is 13.2 Å². The summed E-state index contributed by atoms with van der Waals surface area (Å²) in [5.74, 6) is 0.297. The number of phenols is 2. The Kier molecular flexibility index (Phi) is 9.69. The first kappa shape index (κ1) is 35.8. The van der Waals surface area contributed by atoms with E-state index >= 15 is 0 Å². The number of likely N-dealkylation sites (N-methyl/N-ethyl adjacent to an activating group) is 1. The van der Waals surface area contributed by atoms with Gasteiger partial charge in [-0.25, -0.2) is 4.79 Å². The third-order valence-corrected chi connectivity index (χ3v) is 10.1. The Hall–Kier alpha value is -3.02. The molecule has 3 N–H and O–H groups in total. The molecule has 1 saturated heterocycles. The molecule has 0 aliphatic carbocycles. The normalized spacial score (nSPS) is 24.1. The zero-order valence-electron chi connectivity index (χ0n) is 27.2. The summed E-state index contributed by atoms with van der Waals surface area (Å²) in [5, 5.41) is 35.1. The van der Waals surface area contributed by atoms with Gasteiger partial charge in [0.2, 0.25) is 6.79 Å². The van der Waals surface area contributed by atoms with Crippen LogP contribution in [-0.2, 0) is 28.5 Å². The number of carbonyl (C=O) groups is 1. The molecule has 5 atom stereocenters. The number of fused-ring (bicyclic) bond motifs is 9. The average Bonchev–Trinajstić information content (AvgIpc) is 3.54. The summed E-state index contributed by atoms with van der Waals surface area (Å²) in [6, 6.07) is 4.34. The fourth-order valence-electron chi connectivity index (χ4n) is 8.01. The number of aromatic hydroxyl groups is 2. The summed E-state index contributed by atoms with van der Waals surface area (Å²) >= 11 is 0. The minimum absolute atomic E-state index is 0. The fourth-order valence-corrected chi connectivity index (χ4v) is 8.01. The number of carbonyl (C=O) groups excluding carboxylic acids is 1. The predicted octanol–water partition coefficient (Wildman–Crippen LogP) is 4.92. The molecule has 0 aromatic heterocycles. The molecule has 14 heteroatoms. The number of aryl methyl sites for hydroxylation is 1. The molecule has 0 spiro atoms. The molecule has 4 aliphatic rings. The molecule has 49 heavy (non-hydrogen) atoms. The molecule has 0 saturated carbocycles. The van der Waals surface area contributed by atoms with Crippen molar-refractivity contribution in [1.29, 1.82) is 0 Å². The van der Waals surface area contributed by atoms with Gasteiger partial charge in [0.05, 0.1) is 30.8 Å². The average molecular weight is 896 g/mol. The molecular formula is C35H35AcF3N2O8. The van der Waals surface area contributed by atoms with E-state index in [0.717, 1.165) is 29.3 Å². The zero-order valence-corrected chi connectivity index (χ0v) is 32.0. The van der Waals surface area contributed by atoms with Crippen molar-refractivity contribution in [2.75, 3.05) is 27.6 Å². The molecule has 4 heterocycles. The summed E-state index contributed by atoms with van der Waals surface area (Å²) in [5.41, 5.74) is 3.19. The monoisotopic (exact) mass is 895 g/mol. The van der Waals surface area contributed by atoms with Crippen LogP contribution in [0.25, 0.3) is 6.08 Å². The maximum absolute atomic E-state index is 13.2. The second-order valence-corrected chi connectivity index (χ2v) is 12.7. The van der Waals surface area contributed by atoms with Crippen molar-refractivity contribution in [3.8, 4) is 28.7 Å². The molecule has 0 amide bonds. The quantitative estimate of drug-likeness (QED) is 0.241. The predicted molar refractivity (Wildman–Crippen MR) is 166 cm³/mol. The molecular weight excluding hydrogens is 860 g/mol. The molecule has 3 aromatic rings. The second kappa shape index (κ2) is 13.3. The minimum Gasteiger partial charge on any atom is -0.507 e. The number of benzene rings is 3. The van der Waals surface area contributed by atoms with Crippen LogP contribution in [-0.4, -0.2) is 77.0 Å². The first-order chi connectivity index (χ1) is 22.8. The minimum atomic E-state index is -4.53. The van der Waals surface area contributed by atoms with Gasteiger partial charge in [-0.1, -0.05) is 18.2 Å². The Morgan fingerprint density at radius 1 is 1.06 bits per heavy atom.